The quantitative estimate of drug-likeness (QED) is 0.255. The van der Waals surface area contributed by atoms with Gasteiger partial charge in [-0.05, 0) is 68.0 Å². The molecule has 1 aliphatic heterocycles. The maximum absolute atomic E-state index is 13.8. The van der Waals surface area contributed by atoms with Crippen molar-refractivity contribution in [3.8, 4) is 28.6 Å². The van der Waals surface area contributed by atoms with Gasteiger partial charge in [-0.15, -0.1) is 0 Å². The van der Waals surface area contributed by atoms with Crippen LogP contribution in [0.25, 0.3) is 11.3 Å². The topological polar surface area (TPSA) is 94.7 Å². The Hall–Kier alpha value is -3.62. The lowest BCUT2D eigenvalue weighted by atomic mass is 9.92. The lowest BCUT2D eigenvalue weighted by Crippen LogP contribution is -2.12. The van der Waals surface area contributed by atoms with Crippen LogP contribution in [-0.4, -0.2) is 21.2 Å². The van der Waals surface area contributed by atoms with Crippen LogP contribution in [0.4, 0.5) is 4.39 Å². The van der Waals surface area contributed by atoms with Gasteiger partial charge in [-0.25, -0.2) is 14.2 Å². The van der Waals surface area contributed by atoms with Crippen LogP contribution in [0, 0.1) is 5.82 Å². The Kier molecular flexibility index (Phi) is 5.61. The standard InChI is InChI=1S/C29H21Cl2FN2O5/c30-19-10-17(32)11-20(31)24(19)25-18(26(39-34-25)14-1-2-14)13-37-23-6-5-21-27(33-23)29(7-8-29)12-16-4-3-15(28(35)36)9-22(16)38-21/h3-6,9-11,14H,1-2,7-8,12-13H2,(H,35,36). The van der Waals surface area contributed by atoms with Crippen molar-refractivity contribution in [2.45, 2.75) is 50.0 Å². The molecule has 2 fully saturated rings. The van der Waals surface area contributed by atoms with E-state index >= 15 is 0 Å². The summed E-state index contributed by atoms with van der Waals surface area (Å²) in [5, 5.41) is 13.9. The molecule has 2 aliphatic carbocycles. The minimum Gasteiger partial charge on any atom is -0.478 e. The van der Waals surface area contributed by atoms with Gasteiger partial charge >= 0.3 is 5.97 Å². The first kappa shape index (κ1) is 24.4. The molecule has 1 N–H and O–H groups in total. The third kappa shape index (κ3) is 4.32. The van der Waals surface area contributed by atoms with Gasteiger partial charge in [0.15, 0.2) is 0 Å². The van der Waals surface area contributed by atoms with Gasteiger partial charge in [0.2, 0.25) is 5.88 Å². The zero-order chi connectivity index (χ0) is 26.9. The second kappa shape index (κ2) is 8.96. The van der Waals surface area contributed by atoms with Gasteiger partial charge in [-0.3, -0.25) is 0 Å². The molecule has 4 aromatic rings. The Morgan fingerprint density at radius 3 is 2.56 bits per heavy atom. The van der Waals surface area contributed by atoms with Crippen LogP contribution in [0.2, 0.25) is 10.0 Å². The molecule has 2 aromatic heterocycles. The van der Waals surface area contributed by atoms with Crippen molar-refractivity contribution < 1.29 is 28.3 Å². The SMILES string of the molecule is O=C(O)c1ccc2c(c1)Oc1ccc(OCc3c(-c4c(Cl)cc(F)cc4Cl)noc3C3CC3)nc1C1(CC1)C2. The molecule has 10 heteroatoms. The first-order valence-corrected chi connectivity index (χ1v) is 13.4. The van der Waals surface area contributed by atoms with E-state index in [1.165, 1.54) is 12.1 Å². The highest BCUT2D eigenvalue weighted by Gasteiger charge is 2.49. The molecular formula is C29H21Cl2FN2O5. The van der Waals surface area contributed by atoms with Crippen LogP contribution >= 0.6 is 23.2 Å². The number of hydrogen-bond acceptors (Lipinski definition) is 6. The summed E-state index contributed by atoms with van der Waals surface area (Å²) in [6.07, 6.45) is 4.56. The van der Waals surface area contributed by atoms with Crippen LogP contribution in [0.3, 0.4) is 0 Å². The van der Waals surface area contributed by atoms with Gasteiger partial charge in [0.1, 0.15) is 35.4 Å². The van der Waals surface area contributed by atoms with Crippen molar-refractivity contribution in [2.75, 3.05) is 0 Å². The maximum atomic E-state index is 13.8. The molecule has 3 heterocycles. The summed E-state index contributed by atoms with van der Waals surface area (Å²) in [6.45, 7) is 0.108. The van der Waals surface area contributed by atoms with Crippen molar-refractivity contribution in [1.29, 1.82) is 0 Å². The van der Waals surface area contributed by atoms with Gasteiger partial charge in [0.25, 0.3) is 0 Å². The number of aromatic nitrogens is 2. The molecule has 2 aromatic carbocycles. The number of hydrogen-bond donors (Lipinski definition) is 1. The van der Waals surface area contributed by atoms with E-state index in [0.29, 0.717) is 46.4 Å². The number of carboxylic acid groups (broad SMARTS) is 1. The highest BCUT2D eigenvalue weighted by atomic mass is 35.5. The zero-order valence-electron chi connectivity index (χ0n) is 20.5. The highest BCUT2D eigenvalue weighted by Crippen LogP contribution is 2.56. The molecular weight excluding hydrogens is 546 g/mol. The van der Waals surface area contributed by atoms with Gasteiger partial charge < -0.3 is 19.1 Å². The Bertz CT molecular complexity index is 1640. The lowest BCUT2D eigenvalue weighted by Gasteiger charge is -2.15. The number of benzene rings is 2. The van der Waals surface area contributed by atoms with Gasteiger partial charge in [0.05, 0.1) is 26.9 Å². The molecule has 0 amide bonds. The molecule has 7 nitrogen and oxygen atoms in total. The van der Waals surface area contributed by atoms with E-state index in [-0.39, 0.29) is 33.5 Å². The normalized spacial score (nSPS) is 16.7. The van der Waals surface area contributed by atoms with Crippen molar-refractivity contribution in [2.24, 2.45) is 0 Å². The number of nitrogens with zero attached hydrogens (tertiary/aromatic N) is 2. The minimum atomic E-state index is -1.00. The van der Waals surface area contributed by atoms with E-state index in [1.807, 2.05) is 12.1 Å². The fourth-order valence-corrected chi connectivity index (χ4v) is 5.91. The second-order valence-corrected chi connectivity index (χ2v) is 11.2. The van der Waals surface area contributed by atoms with Crippen LogP contribution in [0.15, 0.2) is 47.0 Å². The molecule has 7 rings (SSSR count). The summed E-state index contributed by atoms with van der Waals surface area (Å²) in [5.74, 6) is 0.941. The first-order chi connectivity index (χ1) is 18.8. The van der Waals surface area contributed by atoms with Crippen molar-refractivity contribution in [1.82, 2.24) is 10.1 Å². The first-order valence-electron chi connectivity index (χ1n) is 12.6. The molecule has 0 saturated heterocycles. The molecule has 3 aliphatic rings. The van der Waals surface area contributed by atoms with Gasteiger partial charge in [-0.2, -0.15) is 0 Å². The van der Waals surface area contributed by atoms with E-state index in [9.17, 15) is 14.3 Å². The van der Waals surface area contributed by atoms with Crippen LogP contribution in [0.5, 0.6) is 17.4 Å². The molecule has 0 atom stereocenters. The molecule has 39 heavy (non-hydrogen) atoms. The van der Waals surface area contributed by atoms with E-state index in [4.69, 9.17) is 42.2 Å². The zero-order valence-corrected chi connectivity index (χ0v) is 22.0. The fourth-order valence-electron chi connectivity index (χ4n) is 5.27. The summed E-state index contributed by atoms with van der Waals surface area (Å²) in [7, 11) is 0. The third-order valence-electron chi connectivity index (χ3n) is 7.63. The third-order valence-corrected chi connectivity index (χ3v) is 8.22. The van der Waals surface area contributed by atoms with E-state index in [0.717, 1.165) is 36.9 Å². The summed E-state index contributed by atoms with van der Waals surface area (Å²) in [4.78, 5) is 16.3. The maximum Gasteiger partial charge on any atom is 0.335 e. The van der Waals surface area contributed by atoms with Crippen molar-refractivity contribution in [3.63, 3.8) is 0 Å². The largest absolute Gasteiger partial charge is 0.478 e. The van der Waals surface area contributed by atoms with Gasteiger partial charge in [0, 0.05) is 23.0 Å². The molecule has 0 radical (unpaired) electrons. The molecule has 0 bridgehead atoms. The number of halogens is 3. The summed E-state index contributed by atoms with van der Waals surface area (Å²) >= 11 is 12.7. The summed E-state index contributed by atoms with van der Waals surface area (Å²) in [5.41, 5.74) is 3.27. The molecule has 198 valence electrons. The van der Waals surface area contributed by atoms with Crippen LogP contribution in [0.1, 0.15) is 64.5 Å². The van der Waals surface area contributed by atoms with Crippen LogP contribution < -0.4 is 9.47 Å². The summed E-state index contributed by atoms with van der Waals surface area (Å²) in [6, 6.07) is 10.9. The number of fused-ring (bicyclic) bond motifs is 3. The van der Waals surface area contributed by atoms with Crippen LogP contribution in [-0.2, 0) is 18.4 Å². The highest BCUT2D eigenvalue weighted by molar-refractivity contribution is 6.39. The smallest absolute Gasteiger partial charge is 0.335 e. The number of aromatic carboxylic acids is 1. The minimum absolute atomic E-state index is 0.108. The lowest BCUT2D eigenvalue weighted by molar-refractivity contribution is 0.0696. The van der Waals surface area contributed by atoms with E-state index in [2.05, 4.69) is 5.16 Å². The number of rotatable bonds is 6. The second-order valence-electron chi connectivity index (χ2n) is 10.4. The molecule has 1 spiro atoms. The van der Waals surface area contributed by atoms with Crippen molar-refractivity contribution in [3.05, 3.63) is 86.5 Å². The van der Waals surface area contributed by atoms with E-state index in [1.54, 1.807) is 18.2 Å². The van der Waals surface area contributed by atoms with Crippen molar-refractivity contribution >= 4 is 29.2 Å². The van der Waals surface area contributed by atoms with Gasteiger partial charge in [-0.1, -0.05) is 34.4 Å². The molecule has 2 saturated carbocycles. The average molecular weight is 567 g/mol. The average Bonchev–Trinajstić information content (AvgIpc) is 3.83. The molecule has 0 unspecified atom stereocenters. The number of carboxylic acids is 1. The Labute approximate surface area is 232 Å². The predicted molar refractivity (Wildman–Crippen MR) is 141 cm³/mol. The number of carbonyl (C=O) groups is 1. The Morgan fingerprint density at radius 1 is 1.10 bits per heavy atom. The number of pyridine rings is 1. The predicted octanol–water partition coefficient (Wildman–Crippen LogP) is 7.72. The Balaban J connectivity index is 1.21. The Morgan fingerprint density at radius 2 is 1.87 bits per heavy atom. The van der Waals surface area contributed by atoms with E-state index < -0.39 is 11.8 Å². The fraction of sp³-hybridized carbons (Fsp3) is 0.276. The number of ether oxygens (including phenoxy) is 2. The summed E-state index contributed by atoms with van der Waals surface area (Å²) < 4.78 is 31.9. The monoisotopic (exact) mass is 566 g/mol.